The third kappa shape index (κ3) is 3.65. The van der Waals surface area contributed by atoms with Gasteiger partial charge < -0.3 is 4.74 Å². The van der Waals surface area contributed by atoms with E-state index in [4.69, 9.17) is 4.74 Å². The molecular formula is C19H24N2OS. The number of fused-ring (bicyclic) bond motifs is 1. The van der Waals surface area contributed by atoms with E-state index in [0.29, 0.717) is 6.10 Å². The summed E-state index contributed by atoms with van der Waals surface area (Å²) in [6.07, 6.45) is 2.91. The number of likely N-dealkylation sites (tertiary alicyclic amines) is 1. The van der Waals surface area contributed by atoms with Crippen LogP contribution in [-0.2, 0) is 17.9 Å². The number of hydrogen-bond acceptors (Lipinski definition) is 4. The first-order chi connectivity index (χ1) is 11.3. The number of benzene rings is 1. The maximum atomic E-state index is 6.15. The molecule has 2 aromatic rings. The molecule has 0 bridgehead atoms. The fourth-order valence-corrected chi connectivity index (χ4v) is 4.71. The van der Waals surface area contributed by atoms with Gasteiger partial charge in [-0.05, 0) is 37.2 Å². The quantitative estimate of drug-likeness (QED) is 0.833. The topological polar surface area (TPSA) is 25.4 Å². The standard InChI is InChI=1S/C19H24N2OS/c1-14-20-18(13-23-14)11-21-9-16-7-19(8-17(16)10-21)22-12-15-5-3-2-4-6-15/h2-6,13,16-17,19H,7-12H2,1H3/t16-,17+,19?. The second-order valence-corrected chi connectivity index (χ2v) is 8.02. The van der Waals surface area contributed by atoms with Crippen LogP contribution in [0.25, 0.3) is 0 Å². The molecule has 0 amide bonds. The maximum Gasteiger partial charge on any atom is 0.0897 e. The van der Waals surface area contributed by atoms with Crippen molar-refractivity contribution in [2.45, 2.75) is 39.0 Å². The fourth-order valence-electron chi connectivity index (χ4n) is 4.10. The predicted octanol–water partition coefficient (Wildman–Crippen LogP) is 3.88. The van der Waals surface area contributed by atoms with Gasteiger partial charge in [0, 0.05) is 25.0 Å². The zero-order chi connectivity index (χ0) is 15.6. The van der Waals surface area contributed by atoms with Crippen molar-refractivity contribution in [3.8, 4) is 0 Å². The molecule has 3 atom stereocenters. The minimum Gasteiger partial charge on any atom is -0.374 e. The number of ether oxygens (including phenoxy) is 1. The third-order valence-corrected chi connectivity index (χ3v) is 5.99. The molecule has 1 unspecified atom stereocenters. The summed E-state index contributed by atoms with van der Waals surface area (Å²) in [6.45, 7) is 6.29. The minimum absolute atomic E-state index is 0.453. The molecule has 1 aliphatic carbocycles. The molecule has 2 aliphatic rings. The summed E-state index contributed by atoms with van der Waals surface area (Å²) in [4.78, 5) is 7.18. The Hall–Kier alpha value is -1.23. The summed E-state index contributed by atoms with van der Waals surface area (Å²) in [5.74, 6) is 1.63. The molecule has 0 radical (unpaired) electrons. The maximum absolute atomic E-state index is 6.15. The number of aryl methyl sites for hydroxylation is 1. The van der Waals surface area contributed by atoms with E-state index in [9.17, 15) is 0 Å². The van der Waals surface area contributed by atoms with Gasteiger partial charge in [0.05, 0.1) is 23.4 Å². The number of hydrogen-bond donors (Lipinski definition) is 0. The van der Waals surface area contributed by atoms with E-state index >= 15 is 0 Å². The lowest BCUT2D eigenvalue weighted by atomic mass is 10.0. The number of thiazole rings is 1. The Bertz CT molecular complexity index is 628. The first-order valence-electron chi connectivity index (χ1n) is 8.55. The van der Waals surface area contributed by atoms with E-state index in [-0.39, 0.29) is 0 Å². The molecule has 4 rings (SSSR count). The van der Waals surface area contributed by atoms with Gasteiger partial charge in [-0.2, -0.15) is 0 Å². The van der Waals surface area contributed by atoms with Crippen molar-refractivity contribution in [3.63, 3.8) is 0 Å². The minimum atomic E-state index is 0.453. The molecule has 1 aromatic heterocycles. The fraction of sp³-hybridized carbons (Fsp3) is 0.526. The zero-order valence-corrected chi connectivity index (χ0v) is 14.5. The molecule has 1 aliphatic heterocycles. The van der Waals surface area contributed by atoms with Crippen LogP contribution in [0.15, 0.2) is 35.7 Å². The Balaban J connectivity index is 1.25. The summed E-state index contributed by atoms with van der Waals surface area (Å²) < 4.78 is 6.15. The number of aromatic nitrogens is 1. The molecule has 3 nitrogen and oxygen atoms in total. The number of rotatable bonds is 5. The summed E-state index contributed by atoms with van der Waals surface area (Å²) in [7, 11) is 0. The highest BCUT2D eigenvalue weighted by Gasteiger charge is 2.41. The van der Waals surface area contributed by atoms with Crippen LogP contribution in [0.5, 0.6) is 0 Å². The van der Waals surface area contributed by atoms with Gasteiger partial charge in [0.1, 0.15) is 0 Å². The lowest BCUT2D eigenvalue weighted by Crippen LogP contribution is -2.23. The number of nitrogens with zero attached hydrogens (tertiary/aromatic N) is 2. The molecule has 1 saturated carbocycles. The Labute approximate surface area is 142 Å². The van der Waals surface area contributed by atoms with Crippen LogP contribution in [-0.4, -0.2) is 29.1 Å². The predicted molar refractivity (Wildman–Crippen MR) is 93.4 cm³/mol. The Morgan fingerprint density at radius 3 is 2.57 bits per heavy atom. The molecule has 23 heavy (non-hydrogen) atoms. The van der Waals surface area contributed by atoms with Crippen LogP contribution in [0.1, 0.15) is 29.1 Å². The van der Waals surface area contributed by atoms with E-state index < -0.39 is 0 Å². The highest BCUT2D eigenvalue weighted by molar-refractivity contribution is 7.09. The van der Waals surface area contributed by atoms with Crippen molar-refractivity contribution in [1.29, 1.82) is 0 Å². The van der Waals surface area contributed by atoms with Crippen LogP contribution < -0.4 is 0 Å². The van der Waals surface area contributed by atoms with Crippen molar-refractivity contribution in [2.75, 3.05) is 13.1 Å². The molecule has 2 heterocycles. The lowest BCUT2D eigenvalue weighted by molar-refractivity contribution is 0.0373. The van der Waals surface area contributed by atoms with Crippen LogP contribution in [0.3, 0.4) is 0 Å². The van der Waals surface area contributed by atoms with E-state index in [1.54, 1.807) is 11.3 Å². The molecule has 2 fully saturated rings. The van der Waals surface area contributed by atoms with Crippen molar-refractivity contribution in [3.05, 3.63) is 52.0 Å². The molecular weight excluding hydrogens is 304 g/mol. The Morgan fingerprint density at radius 1 is 1.17 bits per heavy atom. The van der Waals surface area contributed by atoms with E-state index in [1.165, 1.54) is 42.2 Å². The average molecular weight is 328 g/mol. The van der Waals surface area contributed by atoms with Crippen LogP contribution >= 0.6 is 11.3 Å². The Morgan fingerprint density at radius 2 is 1.91 bits per heavy atom. The second kappa shape index (κ2) is 6.71. The first-order valence-corrected chi connectivity index (χ1v) is 9.43. The normalized spacial score (nSPS) is 27.4. The monoisotopic (exact) mass is 328 g/mol. The highest BCUT2D eigenvalue weighted by Crippen LogP contribution is 2.40. The highest BCUT2D eigenvalue weighted by atomic mass is 32.1. The molecule has 0 spiro atoms. The van der Waals surface area contributed by atoms with Crippen molar-refractivity contribution in [1.82, 2.24) is 9.88 Å². The van der Waals surface area contributed by atoms with Gasteiger partial charge in [0.15, 0.2) is 0 Å². The first kappa shape index (κ1) is 15.3. The lowest BCUT2D eigenvalue weighted by Gasteiger charge is -2.18. The molecule has 4 heteroatoms. The van der Waals surface area contributed by atoms with Crippen molar-refractivity contribution >= 4 is 11.3 Å². The smallest absolute Gasteiger partial charge is 0.0897 e. The largest absolute Gasteiger partial charge is 0.374 e. The van der Waals surface area contributed by atoms with Crippen LogP contribution in [0, 0.1) is 18.8 Å². The SMILES string of the molecule is Cc1nc(CN2C[C@H]3CC(OCc4ccccc4)C[C@H]3C2)cs1. The molecule has 0 N–H and O–H groups in total. The van der Waals surface area contributed by atoms with Gasteiger partial charge in [-0.3, -0.25) is 4.90 Å². The summed E-state index contributed by atoms with van der Waals surface area (Å²) in [5.41, 5.74) is 2.52. The van der Waals surface area contributed by atoms with Crippen LogP contribution in [0.4, 0.5) is 0 Å². The Kier molecular flexibility index (Phi) is 4.47. The van der Waals surface area contributed by atoms with Gasteiger partial charge in [-0.1, -0.05) is 30.3 Å². The van der Waals surface area contributed by atoms with Gasteiger partial charge in [0.25, 0.3) is 0 Å². The summed E-state index contributed by atoms with van der Waals surface area (Å²) in [6, 6.07) is 10.5. The van der Waals surface area contributed by atoms with Crippen LogP contribution in [0.2, 0.25) is 0 Å². The van der Waals surface area contributed by atoms with E-state index in [2.05, 4.69) is 52.5 Å². The van der Waals surface area contributed by atoms with Gasteiger partial charge in [-0.15, -0.1) is 11.3 Å². The van der Waals surface area contributed by atoms with Gasteiger partial charge >= 0.3 is 0 Å². The van der Waals surface area contributed by atoms with Gasteiger partial charge in [0.2, 0.25) is 0 Å². The van der Waals surface area contributed by atoms with Crippen molar-refractivity contribution in [2.24, 2.45) is 11.8 Å². The summed E-state index contributed by atoms with van der Waals surface area (Å²) in [5, 5.41) is 3.38. The zero-order valence-electron chi connectivity index (χ0n) is 13.6. The van der Waals surface area contributed by atoms with E-state index in [1.807, 2.05) is 0 Å². The van der Waals surface area contributed by atoms with Gasteiger partial charge in [-0.25, -0.2) is 4.98 Å². The average Bonchev–Trinajstić information content (AvgIpc) is 3.21. The summed E-state index contributed by atoms with van der Waals surface area (Å²) >= 11 is 1.76. The third-order valence-electron chi connectivity index (χ3n) is 5.16. The van der Waals surface area contributed by atoms with Crippen molar-refractivity contribution < 1.29 is 4.74 Å². The molecule has 122 valence electrons. The van der Waals surface area contributed by atoms with E-state index in [0.717, 1.165) is 25.0 Å². The molecule has 1 aromatic carbocycles. The molecule has 1 saturated heterocycles. The second-order valence-electron chi connectivity index (χ2n) is 6.96.